The van der Waals surface area contributed by atoms with Crippen molar-refractivity contribution >= 4 is 32.9 Å². The number of rotatable bonds is 1. The Kier molecular flexibility index (Phi) is 5.16. The van der Waals surface area contributed by atoms with Gasteiger partial charge in [-0.25, -0.2) is 0 Å². The highest BCUT2D eigenvalue weighted by Gasteiger charge is 2.26. The highest BCUT2D eigenvalue weighted by atomic mass is 79.9. The number of hydrogen-bond donors (Lipinski definition) is 1. The van der Waals surface area contributed by atoms with E-state index < -0.39 is 0 Å². The summed E-state index contributed by atoms with van der Waals surface area (Å²) in [6, 6.07) is 0. The van der Waals surface area contributed by atoms with Gasteiger partial charge in [-0.3, -0.25) is 0 Å². The molecule has 1 aliphatic carbocycles. The van der Waals surface area contributed by atoms with Crippen LogP contribution in [0.1, 0.15) is 32.1 Å². The van der Waals surface area contributed by atoms with Crippen LogP contribution in [0, 0.1) is 0 Å². The monoisotopic (exact) mass is 271 g/mol. The summed E-state index contributed by atoms with van der Waals surface area (Å²) in [5.74, 6) is 0. The molecule has 2 N–H and O–H groups in total. The predicted octanol–water partition coefficient (Wildman–Crippen LogP) is 2.62. The molecule has 1 nitrogen and oxygen atoms in total. The zero-order valence-electron chi connectivity index (χ0n) is 6.11. The van der Waals surface area contributed by atoms with Gasteiger partial charge in [0.1, 0.15) is 0 Å². The third kappa shape index (κ3) is 2.89. The average molecular weight is 273 g/mol. The molecule has 0 radical (unpaired) electrons. The summed E-state index contributed by atoms with van der Waals surface area (Å²) < 4.78 is 0.311. The molecule has 0 aromatic carbocycles. The summed E-state index contributed by atoms with van der Waals surface area (Å²) in [7, 11) is 0. The van der Waals surface area contributed by atoms with Crippen LogP contribution < -0.4 is 5.73 Å². The summed E-state index contributed by atoms with van der Waals surface area (Å²) >= 11 is 3.67. The fraction of sp³-hybridized carbons (Fsp3) is 1.00. The molecule has 0 atom stereocenters. The summed E-state index contributed by atoms with van der Waals surface area (Å²) in [5, 5.41) is 0. The smallest absolute Gasteiger partial charge is 0.0380 e. The van der Waals surface area contributed by atoms with Crippen LogP contribution in [-0.2, 0) is 0 Å². The van der Waals surface area contributed by atoms with E-state index in [4.69, 9.17) is 5.73 Å². The van der Waals surface area contributed by atoms with Crippen LogP contribution in [0.4, 0.5) is 0 Å². The lowest BCUT2D eigenvalue weighted by atomic mass is 9.89. The van der Waals surface area contributed by atoms with Crippen molar-refractivity contribution in [2.24, 2.45) is 5.73 Å². The van der Waals surface area contributed by atoms with Crippen LogP contribution in [0.5, 0.6) is 0 Å². The van der Waals surface area contributed by atoms with Gasteiger partial charge in [-0.2, -0.15) is 0 Å². The summed E-state index contributed by atoms with van der Waals surface area (Å²) in [6.45, 7) is 0.799. The van der Waals surface area contributed by atoms with Crippen molar-refractivity contribution in [1.82, 2.24) is 0 Å². The van der Waals surface area contributed by atoms with E-state index in [-0.39, 0.29) is 17.0 Å². The molecule has 1 fully saturated rings. The van der Waals surface area contributed by atoms with Crippen LogP contribution in [-0.4, -0.2) is 10.9 Å². The van der Waals surface area contributed by atoms with Crippen molar-refractivity contribution in [1.29, 1.82) is 0 Å². The van der Waals surface area contributed by atoms with Gasteiger partial charge in [0.2, 0.25) is 0 Å². The minimum Gasteiger partial charge on any atom is -0.329 e. The van der Waals surface area contributed by atoms with E-state index in [0.29, 0.717) is 4.32 Å². The maximum absolute atomic E-state index is 5.59. The number of hydrogen-bond acceptors (Lipinski definition) is 1. The van der Waals surface area contributed by atoms with Gasteiger partial charge < -0.3 is 5.73 Å². The lowest BCUT2D eigenvalue weighted by Crippen LogP contribution is -2.33. The molecular weight excluding hydrogens is 258 g/mol. The molecule has 0 saturated heterocycles. The highest BCUT2D eigenvalue weighted by Crippen LogP contribution is 2.34. The van der Waals surface area contributed by atoms with Gasteiger partial charge >= 0.3 is 0 Å². The Morgan fingerprint density at radius 1 is 1.20 bits per heavy atom. The molecule has 3 heteroatoms. The van der Waals surface area contributed by atoms with Gasteiger partial charge in [0.05, 0.1) is 0 Å². The molecular formula is C7H15Br2N. The van der Waals surface area contributed by atoms with Crippen LogP contribution in [0.15, 0.2) is 0 Å². The second kappa shape index (κ2) is 4.73. The van der Waals surface area contributed by atoms with E-state index in [1.807, 2.05) is 0 Å². The summed E-state index contributed by atoms with van der Waals surface area (Å²) in [4.78, 5) is 0. The van der Waals surface area contributed by atoms with Crippen LogP contribution in [0.2, 0.25) is 0 Å². The third-order valence-electron chi connectivity index (χ3n) is 2.12. The fourth-order valence-corrected chi connectivity index (χ4v) is 1.95. The van der Waals surface area contributed by atoms with Crippen molar-refractivity contribution in [3.8, 4) is 0 Å². The Morgan fingerprint density at radius 2 is 1.70 bits per heavy atom. The molecule has 1 aliphatic rings. The van der Waals surface area contributed by atoms with E-state index in [1.54, 1.807) is 0 Å². The summed E-state index contributed by atoms with van der Waals surface area (Å²) in [5.41, 5.74) is 5.59. The zero-order valence-corrected chi connectivity index (χ0v) is 9.41. The maximum atomic E-state index is 5.59. The molecule has 0 spiro atoms. The van der Waals surface area contributed by atoms with Crippen molar-refractivity contribution in [3.05, 3.63) is 0 Å². The van der Waals surface area contributed by atoms with E-state index in [9.17, 15) is 0 Å². The first-order valence-corrected chi connectivity index (χ1v) is 4.45. The van der Waals surface area contributed by atoms with Crippen molar-refractivity contribution in [2.75, 3.05) is 6.54 Å². The Labute approximate surface area is 81.6 Å². The maximum Gasteiger partial charge on any atom is 0.0380 e. The molecule has 0 amide bonds. The van der Waals surface area contributed by atoms with Crippen LogP contribution >= 0.6 is 32.9 Å². The standard InChI is InChI=1S/C7H14BrN.BrH/c8-7(6-9)4-2-1-3-5-7;/h1-6,9H2;1H. The van der Waals surface area contributed by atoms with Crippen molar-refractivity contribution < 1.29 is 0 Å². The molecule has 0 aromatic heterocycles. The second-order valence-electron chi connectivity index (χ2n) is 2.92. The Bertz CT molecular complexity index is 89.6. The van der Waals surface area contributed by atoms with Gasteiger partial charge in [-0.15, -0.1) is 17.0 Å². The van der Waals surface area contributed by atoms with Gasteiger partial charge in [0.25, 0.3) is 0 Å². The Balaban J connectivity index is 0.000000810. The normalized spacial score (nSPS) is 23.4. The lowest BCUT2D eigenvalue weighted by molar-refractivity contribution is 0.411. The predicted molar refractivity (Wildman–Crippen MR) is 54.1 cm³/mol. The van der Waals surface area contributed by atoms with E-state index in [2.05, 4.69) is 15.9 Å². The first-order valence-electron chi connectivity index (χ1n) is 3.66. The molecule has 0 aromatic rings. The van der Waals surface area contributed by atoms with Crippen molar-refractivity contribution in [3.63, 3.8) is 0 Å². The molecule has 0 bridgehead atoms. The highest BCUT2D eigenvalue weighted by molar-refractivity contribution is 9.10. The largest absolute Gasteiger partial charge is 0.329 e. The van der Waals surface area contributed by atoms with Gasteiger partial charge in [-0.05, 0) is 12.8 Å². The molecule has 0 heterocycles. The lowest BCUT2D eigenvalue weighted by Gasteiger charge is -2.29. The third-order valence-corrected chi connectivity index (χ3v) is 3.23. The topological polar surface area (TPSA) is 26.0 Å². The zero-order chi connectivity index (χ0) is 6.74. The molecule has 1 saturated carbocycles. The minimum atomic E-state index is 0. The minimum absolute atomic E-state index is 0. The molecule has 10 heavy (non-hydrogen) atoms. The first kappa shape index (κ1) is 10.9. The van der Waals surface area contributed by atoms with E-state index in [1.165, 1.54) is 32.1 Å². The molecule has 0 unspecified atom stereocenters. The number of nitrogens with two attached hydrogens (primary N) is 1. The average Bonchev–Trinajstić information content (AvgIpc) is 1.90. The second-order valence-corrected chi connectivity index (χ2v) is 4.60. The van der Waals surface area contributed by atoms with Crippen molar-refractivity contribution in [2.45, 2.75) is 36.4 Å². The first-order chi connectivity index (χ1) is 4.27. The molecule has 0 aliphatic heterocycles. The number of alkyl halides is 1. The van der Waals surface area contributed by atoms with E-state index >= 15 is 0 Å². The fourth-order valence-electron chi connectivity index (χ4n) is 1.39. The Hall–Kier alpha value is 0.920. The Morgan fingerprint density at radius 3 is 2.00 bits per heavy atom. The van der Waals surface area contributed by atoms with Crippen LogP contribution in [0.3, 0.4) is 0 Å². The van der Waals surface area contributed by atoms with E-state index in [0.717, 1.165) is 6.54 Å². The van der Waals surface area contributed by atoms with Gasteiger partial charge in [0, 0.05) is 10.9 Å². The quantitative estimate of drug-likeness (QED) is 0.730. The van der Waals surface area contributed by atoms with Gasteiger partial charge in [-0.1, -0.05) is 35.2 Å². The SMILES string of the molecule is Br.NCC1(Br)CCCCC1. The molecule has 62 valence electrons. The summed E-state index contributed by atoms with van der Waals surface area (Å²) in [6.07, 6.45) is 6.63. The molecule has 1 rings (SSSR count). The van der Waals surface area contributed by atoms with Gasteiger partial charge in [0.15, 0.2) is 0 Å². The van der Waals surface area contributed by atoms with Crippen LogP contribution in [0.25, 0.3) is 0 Å². The number of halogens is 2.